The highest BCUT2D eigenvalue weighted by molar-refractivity contribution is 7.47. The van der Waals surface area contributed by atoms with Crippen molar-refractivity contribution in [2.24, 2.45) is 0 Å². The molecule has 0 aliphatic carbocycles. The number of phosphoric ester groups is 1. The smallest absolute Gasteiger partial charge is 0.403 e. The van der Waals surface area contributed by atoms with E-state index in [0.717, 1.165) is 11.1 Å². The first kappa shape index (κ1) is 18.4. The molecule has 0 aliphatic rings. The van der Waals surface area contributed by atoms with Gasteiger partial charge in [0, 0.05) is 0 Å². The molecule has 5 nitrogen and oxygen atoms in total. The van der Waals surface area contributed by atoms with Crippen molar-refractivity contribution in [2.45, 2.75) is 13.1 Å². The quantitative estimate of drug-likeness (QED) is 0.457. The van der Waals surface area contributed by atoms with Crippen LogP contribution in [0.4, 0.5) is 0 Å². The van der Waals surface area contributed by atoms with E-state index in [4.69, 9.17) is 9.15 Å². The number of rotatable bonds is 8. The fourth-order valence-corrected chi connectivity index (χ4v) is 3.29. The second-order valence-corrected chi connectivity index (χ2v) is 7.01. The second-order valence-electron chi connectivity index (χ2n) is 5.72. The molecule has 0 fully saturated rings. The molecular formula is C20H20NO4P. The topological polar surface area (TPSA) is 59.0 Å². The van der Waals surface area contributed by atoms with Crippen LogP contribution in [0.15, 0.2) is 91.0 Å². The first-order valence-electron chi connectivity index (χ1n) is 8.21. The van der Waals surface area contributed by atoms with Crippen molar-refractivity contribution in [3.63, 3.8) is 0 Å². The largest absolute Gasteiger partial charge is 0.544 e. The third kappa shape index (κ3) is 5.83. The fourth-order valence-electron chi connectivity index (χ4n) is 2.46. The predicted octanol–water partition coefficient (Wildman–Crippen LogP) is 4.80. The molecule has 3 aromatic carbocycles. The zero-order chi connectivity index (χ0) is 18.2. The van der Waals surface area contributed by atoms with Gasteiger partial charge in [-0.2, -0.15) is 9.69 Å². The molecule has 0 aliphatic heterocycles. The minimum atomic E-state index is -4.32. The van der Waals surface area contributed by atoms with Crippen molar-refractivity contribution in [3.8, 4) is 5.75 Å². The number of nitrogens with zero attached hydrogens (tertiary/aromatic N) is 1. The van der Waals surface area contributed by atoms with E-state index in [1.54, 1.807) is 30.3 Å². The molecule has 0 saturated carbocycles. The van der Waals surface area contributed by atoms with E-state index in [2.05, 4.69) is 0 Å². The summed E-state index contributed by atoms with van der Waals surface area (Å²) in [5.41, 5.74) is 1.92. The summed E-state index contributed by atoms with van der Waals surface area (Å²) >= 11 is 0. The lowest BCUT2D eigenvalue weighted by atomic mass is 10.2. The maximum atomic E-state index is 12.4. The summed E-state index contributed by atoms with van der Waals surface area (Å²) in [4.78, 5) is 10.2. The van der Waals surface area contributed by atoms with Crippen LogP contribution >= 0.6 is 7.82 Å². The number of hydrogen-bond acceptors (Lipinski definition) is 4. The zero-order valence-electron chi connectivity index (χ0n) is 14.1. The van der Waals surface area contributed by atoms with Gasteiger partial charge in [0.25, 0.3) is 0 Å². The van der Waals surface area contributed by atoms with Crippen LogP contribution in [0.3, 0.4) is 0 Å². The molecule has 26 heavy (non-hydrogen) atoms. The molecule has 1 atom stereocenters. The van der Waals surface area contributed by atoms with Crippen LogP contribution in [-0.2, 0) is 22.3 Å². The Morgan fingerprint density at radius 1 is 0.731 bits per heavy atom. The molecule has 1 N–H and O–H groups in total. The van der Waals surface area contributed by atoms with Crippen molar-refractivity contribution in [3.05, 3.63) is 102 Å². The summed E-state index contributed by atoms with van der Waals surface area (Å²) in [7, 11) is -4.32. The number of benzene rings is 3. The summed E-state index contributed by atoms with van der Waals surface area (Å²) < 4.78 is 23.0. The molecule has 0 heterocycles. The molecule has 3 aromatic rings. The normalized spacial score (nSPS) is 13.3. The van der Waals surface area contributed by atoms with Gasteiger partial charge in [0.05, 0.1) is 13.1 Å². The summed E-state index contributed by atoms with van der Waals surface area (Å²) in [5.74, 6) is 0.276. The summed E-state index contributed by atoms with van der Waals surface area (Å²) in [6.45, 7) is 0.691. The van der Waals surface area contributed by atoms with Crippen molar-refractivity contribution in [1.29, 1.82) is 0 Å². The van der Waals surface area contributed by atoms with Crippen LogP contribution in [-0.4, -0.2) is 9.96 Å². The molecule has 0 bridgehead atoms. The lowest BCUT2D eigenvalue weighted by Crippen LogP contribution is -2.23. The van der Waals surface area contributed by atoms with Gasteiger partial charge >= 0.3 is 7.82 Å². The molecule has 0 spiro atoms. The molecule has 1 unspecified atom stereocenters. The van der Waals surface area contributed by atoms with E-state index in [0.29, 0.717) is 13.1 Å². The maximum Gasteiger partial charge on any atom is 0.544 e. The molecule has 0 aromatic heterocycles. The van der Waals surface area contributed by atoms with Gasteiger partial charge < -0.3 is 4.52 Å². The van der Waals surface area contributed by atoms with Crippen LogP contribution < -0.4 is 4.52 Å². The van der Waals surface area contributed by atoms with Crippen molar-refractivity contribution >= 4 is 7.82 Å². The molecular weight excluding hydrogens is 349 g/mol. The first-order chi connectivity index (χ1) is 12.6. The Kier molecular flexibility index (Phi) is 6.21. The van der Waals surface area contributed by atoms with Crippen LogP contribution in [0.25, 0.3) is 0 Å². The van der Waals surface area contributed by atoms with Gasteiger partial charge in [-0.3, -0.25) is 4.89 Å². The predicted molar refractivity (Wildman–Crippen MR) is 100 cm³/mol. The first-order valence-corrected chi connectivity index (χ1v) is 9.70. The third-order valence-corrected chi connectivity index (χ3v) is 4.46. The Bertz CT molecular complexity index is 802. The highest BCUT2D eigenvalue weighted by Gasteiger charge is 2.28. The lowest BCUT2D eigenvalue weighted by molar-refractivity contribution is -0.0950. The highest BCUT2D eigenvalue weighted by atomic mass is 31.2. The van der Waals surface area contributed by atoms with E-state index in [-0.39, 0.29) is 5.75 Å². The Morgan fingerprint density at radius 2 is 1.15 bits per heavy atom. The number of phosphoric acid groups is 1. The van der Waals surface area contributed by atoms with Crippen molar-refractivity contribution < 1.29 is 18.6 Å². The fraction of sp³-hybridized carbons (Fsp3) is 0.100. The number of para-hydroxylation sites is 1. The summed E-state index contributed by atoms with van der Waals surface area (Å²) in [6.07, 6.45) is 0. The van der Waals surface area contributed by atoms with E-state index in [1.807, 2.05) is 60.7 Å². The lowest BCUT2D eigenvalue weighted by Gasteiger charge is -2.24. The van der Waals surface area contributed by atoms with Gasteiger partial charge in [-0.05, 0) is 23.3 Å². The standard InChI is InChI=1S/C20H20NO4P/c22-26(23,24-20-14-8-3-9-15-20)25-21(16-18-10-4-1-5-11-18)17-19-12-6-2-7-13-19/h1-15H,16-17H2,(H,22,23). The average Bonchev–Trinajstić information content (AvgIpc) is 2.63. The molecule has 134 valence electrons. The monoisotopic (exact) mass is 369 g/mol. The van der Waals surface area contributed by atoms with Gasteiger partial charge in [-0.15, -0.1) is 0 Å². The molecule has 0 amide bonds. The SMILES string of the molecule is O=P(O)(Oc1ccccc1)ON(Cc1ccccc1)Cc1ccccc1. The Balaban J connectivity index is 1.74. The van der Waals surface area contributed by atoms with E-state index < -0.39 is 7.82 Å². The van der Waals surface area contributed by atoms with E-state index >= 15 is 0 Å². The Morgan fingerprint density at radius 3 is 1.62 bits per heavy atom. The summed E-state index contributed by atoms with van der Waals surface area (Å²) in [5, 5.41) is 1.44. The molecule has 0 radical (unpaired) electrons. The van der Waals surface area contributed by atoms with Gasteiger partial charge in [0.15, 0.2) is 0 Å². The van der Waals surface area contributed by atoms with Crippen LogP contribution in [0.2, 0.25) is 0 Å². The maximum absolute atomic E-state index is 12.4. The second kappa shape index (κ2) is 8.79. The highest BCUT2D eigenvalue weighted by Crippen LogP contribution is 2.45. The van der Waals surface area contributed by atoms with E-state index in [9.17, 15) is 9.46 Å². The van der Waals surface area contributed by atoms with Crippen molar-refractivity contribution in [2.75, 3.05) is 0 Å². The summed E-state index contributed by atoms with van der Waals surface area (Å²) in [6, 6.07) is 27.7. The Hall–Kier alpha value is -2.43. The number of hydroxylamine groups is 2. The van der Waals surface area contributed by atoms with Gasteiger partial charge in [-0.25, -0.2) is 4.57 Å². The van der Waals surface area contributed by atoms with Crippen LogP contribution in [0.5, 0.6) is 5.75 Å². The van der Waals surface area contributed by atoms with Crippen LogP contribution in [0.1, 0.15) is 11.1 Å². The van der Waals surface area contributed by atoms with Gasteiger partial charge in [0.2, 0.25) is 0 Å². The molecule has 0 saturated heterocycles. The Labute approximate surface area is 153 Å². The van der Waals surface area contributed by atoms with Crippen molar-refractivity contribution in [1.82, 2.24) is 5.06 Å². The zero-order valence-corrected chi connectivity index (χ0v) is 15.0. The van der Waals surface area contributed by atoms with Gasteiger partial charge in [-0.1, -0.05) is 78.9 Å². The molecule has 3 rings (SSSR count). The number of hydrogen-bond donors (Lipinski definition) is 1. The minimum absolute atomic E-state index is 0.276. The average molecular weight is 369 g/mol. The molecule has 6 heteroatoms. The minimum Gasteiger partial charge on any atom is -0.403 e. The van der Waals surface area contributed by atoms with E-state index in [1.165, 1.54) is 5.06 Å². The third-order valence-electron chi connectivity index (χ3n) is 3.59. The van der Waals surface area contributed by atoms with Crippen LogP contribution in [0, 0.1) is 0 Å². The van der Waals surface area contributed by atoms with Gasteiger partial charge in [0.1, 0.15) is 5.75 Å².